The summed E-state index contributed by atoms with van der Waals surface area (Å²) in [6.45, 7) is 10.6. The molecule has 2 amide bonds. The Bertz CT molecular complexity index is 793. The van der Waals surface area contributed by atoms with Gasteiger partial charge in [-0.15, -0.1) is 0 Å². The second kappa shape index (κ2) is 7.98. The van der Waals surface area contributed by atoms with Gasteiger partial charge in [-0.05, 0) is 45.0 Å². The van der Waals surface area contributed by atoms with E-state index in [9.17, 15) is 18.0 Å². The molecule has 1 aromatic rings. The summed E-state index contributed by atoms with van der Waals surface area (Å²) in [5.74, 6) is -0.659. The van der Waals surface area contributed by atoms with Crippen LogP contribution < -0.4 is 5.32 Å². The van der Waals surface area contributed by atoms with Crippen molar-refractivity contribution in [3.63, 3.8) is 0 Å². The molecule has 0 radical (unpaired) electrons. The van der Waals surface area contributed by atoms with Crippen LogP contribution >= 0.6 is 0 Å². The molecule has 1 fully saturated rings. The molecule has 1 atom stereocenters. The number of carbonyl (C=O) groups is 2. The standard InChI is InChI=1S/C19H29N3O4S/c1-6-21(7-2)27(25,26)16-10-8-15(9-11-16)20-18(24)14-12-17(23)22(13-14)19(3,4)5/h8-11,14H,6-7,12-13H2,1-5H3,(H,20,24)/t14-/m1/s1. The molecule has 1 aliphatic heterocycles. The van der Waals surface area contributed by atoms with Gasteiger partial charge in [0.05, 0.1) is 10.8 Å². The number of hydrogen-bond donors (Lipinski definition) is 1. The largest absolute Gasteiger partial charge is 0.337 e. The van der Waals surface area contributed by atoms with Crippen molar-refractivity contribution in [1.82, 2.24) is 9.21 Å². The first-order valence-electron chi connectivity index (χ1n) is 9.22. The highest BCUT2D eigenvalue weighted by Gasteiger charge is 2.39. The van der Waals surface area contributed by atoms with Crippen molar-refractivity contribution in [1.29, 1.82) is 0 Å². The quantitative estimate of drug-likeness (QED) is 0.801. The first-order valence-corrected chi connectivity index (χ1v) is 10.7. The molecular formula is C19H29N3O4S. The lowest BCUT2D eigenvalue weighted by Crippen LogP contribution is -2.42. The molecule has 1 N–H and O–H groups in total. The normalized spacial score (nSPS) is 18.2. The monoisotopic (exact) mass is 395 g/mol. The smallest absolute Gasteiger partial charge is 0.243 e. The van der Waals surface area contributed by atoms with Gasteiger partial charge in [-0.1, -0.05) is 13.8 Å². The fourth-order valence-corrected chi connectivity index (χ4v) is 4.66. The van der Waals surface area contributed by atoms with Crippen LogP contribution in [0.2, 0.25) is 0 Å². The van der Waals surface area contributed by atoms with Crippen LogP contribution in [0.3, 0.4) is 0 Å². The summed E-state index contributed by atoms with van der Waals surface area (Å²) < 4.78 is 26.4. The lowest BCUT2D eigenvalue weighted by atomic mass is 10.1. The van der Waals surface area contributed by atoms with Crippen molar-refractivity contribution in [2.45, 2.75) is 51.5 Å². The van der Waals surface area contributed by atoms with Gasteiger partial charge < -0.3 is 10.2 Å². The van der Waals surface area contributed by atoms with Crippen LogP contribution in [0.4, 0.5) is 5.69 Å². The fraction of sp³-hybridized carbons (Fsp3) is 0.579. The SMILES string of the molecule is CCN(CC)S(=O)(=O)c1ccc(NC(=O)[C@@H]2CC(=O)N(C(C)(C)C)C2)cc1. The molecule has 27 heavy (non-hydrogen) atoms. The highest BCUT2D eigenvalue weighted by molar-refractivity contribution is 7.89. The molecule has 1 heterocycles. The van der Waals surface area contributed by atoms with Gasteiger partial charge in [-0.2, -0.15) is 4.31 Å². The Labute approximate surface area is 161 Å². The number of hydrogen-bond acceptors (Lipinski definition) is 4. The van der Waals surface area contributed by atoms with Gasteiger partial charge in [0.25, 0.3) is 0 Å². The van der Waals surface area contributed by atoms with Gasteiger partial charge in [-0.25, -0.2) is 8.42 Å². The van der Waals surface area contributed by atoms with Crippen molar-refractivity contribution in [2.75, 3.05) is 25.0 Å². The average molecular weight is 396 g/mol. The van der Waals surface area contributed by atoms with Crippen LogP contribution in [0.5, 0.6) is 0 Å². The van der Waals surface area contributed by atoms with E-state index in [4.69, 9.17) is 0 Å². The summed E-state index contributed by atoms with van der Waals surface area (Å²) in [6, 6.07) is 6.13. The van der Waals surface area contributed by atoms with Gasteiger partial charge in [0.1, 0.15) is 0 Å². The highest BCUT2D eigenvalue weighted by Crippen LogP contribution is 2.27. The van der Waals surface area contributed by atoms with E-state index < -0.39 is 15.9 Å². The fourth-order valence-electron chi connectivity index (χ4n) is 3.20. The summed E-state index contributed by atoms with van der Waals surface area (Å²) >= 11 is 0. The number of anilines is 1. The maximum absolute atomic E-state index is 12.5. The summed E-state index contributed by atoms with van der Waals surface area (Å²) in [6.07, 6.45) is 0.192. The molecule has 0 bridgehead atoms. The number of benzene rings is 1. The predicted molar refractivity (Wildman–Crippen MR) is 105 cm³/mol. The predicted octanol–water partition coefficient (Wildman–Crippen LogP) is 2.30. The number of likely N-dealkylation sites (tertiary alicyclic amines) is 1. The van der Waals surface area contributed by atoms with Crippen LogP contribution in [0.1, 0.15) is 41.0 Å². The van der Waals surface area contributed by atoms with E-state index >= 15 is 0 Å². The third-order valence-corrected chi connectivity index (χ3v) is 6.83. The van der Waals surface area contributed by atoms with E-state index in [1.807, 2.05) is 20.8 Å². The first-order chi connectivity index (χ1) is 12.5. The Morgan fingerprint density at radius 2 is 1.74 bits per heavy atom. The Morgan fingerprint density at radius 1 is 1.19 bits per heavy atom. The van der Waals surface area contributed by atoms with Crippen molar-refractivity contribution in [3.05, 3.63) is 24.3 Å². The number of sulfonamides is 1. The summed E-state index contributed by atoms with van der Waals surface area (Å²) in [5, 5.41) is 2.79. The minimum Gasteiger partial charge on any atom is -0.337 e. The molecule has 0 spiro atoms. The zero-order valence-corrected chi connectivity index (χ0v) is 17.5. The lowest BCUT2D eigenvalue weighted by molar-refractivity contribution is -0.131. The van der Waals surface area contributed by atoms with E-state index in [0.29, 0.717) is 25.3 Å². The summed E-state index contributed by atoms with van der Waals surface area (Å²) in [4.78, 5) is 26.6. The minimum absolute atomic E-state index is 0.0247. The third kappa shape index (κ3) is 4.68. The maximum Gasteiger partial charge on any atom is 0.243 e. The van der Waals surface area contributed by atoms with E-state index in [0.717, 1.165) is 0 Å². The molecule has 1 saturated heterocycles. The Hall–Kier alpha value is -1.93. The molecule has 0 unspecified atom stereocenters. The van der Waals surface area contributed by atoms with Crippen LogP contribution in [0.25, 0.3) is 0 Å². The number of rotatable bonds is 6. The van der Waals surface area contributed by atoms with Crippen molar-refractivity contribution in [2.24, 2.45) is 5.92 Å². The van der Waals surface area contributed by atoms with Gasteiger partial charge in [0.15, 0.2) is 0 Å². The summed E-state index contributed by atoms with van der Waals surface area (Å²) in [5.41, 5.74) is 0.201. The molecule has 1 aromatic carbocycles. The zero-order valence-electron chi connectivity index (χ0n) is 16.7. The van der Waals surface area contributed by atoms with E-state index in [1.54, 1.807) is 30.9 Å². The molecule has 2 rings (SSSR count). The number of nitrogens with one attached hydrogen (secondary N) is 1. The van der Waals surface area contributed by atoms with Crippen molar-refractivity contribution >= 4 is 27.5 Å². The molecule has 8 heteroatoms. The number of amides is 2. The van der Waals surface area contributed by atoms with Crippen LogP contribution in [0.15, 0.2) is 29.2 Å². The molecule has 0 saturated carbocycles. The Morgan fingerprint density at radius 3 is 2.19 bits per heavy atom. The molecule has 1 aliphatic rings. The average Bonchev–Trinajstić information content (AvgIpc) is 2.98. The second-order valence-electron chi connectivity index (χ2n) is 7.68. The highest BCUT2D eigenvalue weighted by atomic mass is 32.2. The second-order valence-corrected chi connectivity index (χ2v) is 9.62. The van der Waals surface area contributed by atoms with Gasteiger partial charge in [-0.3, -0.25) is 9.59 Å². The molecule has 150 valence electrons. The molecule has 7 nitrogen and oxygen atoms in total. The van der Waals surface area contributed by atoms with Crippen molar-refractivity contribution < 1.29 is 18.0 Å². The Balaban J connectivity index is 2.07. The van der Waals surface area contributed by atoms with Crippen molar-refractivity contribution in [3.8, 4) is 0 Å². The molecule has 0 aromatic heterocycles. The first kappa shape index (κ1) is 21.4. The minimum atomic E-state index is -3.52. The van der Waals surface area contributed by atoms with Gasteiger partial charge in [0.2, 0.25) is 21.8 Å². The van der Waals surface area contributed by atoms with Crippen LogP contribution in [-0.4, -0.2) is 54.6 Å². The van der Waals surface area contributed by atoms with E-state index in [-0.39, 0.29) is 28.7 Å². The molecule has 0 aliphatic carbocycles. The Kier molecular flexibility index (Phi) is 6.32. The lowest BCUT2D eigenvalue weighted by Gasteiger charge is -2.31. The number of carbonyl (C=O) groups excluding carboxylic acids is 2. The van der Waals surface area contributed by atoms with E-state index in [1.165, 1.54) is 16.4 Å². The van der Waals surface area contributed by atoms with Gasteiger partial charge >= 0.3 is 0 Å². The zero-order chi connectivity index (χ0) is 20.4. The van der Waals surface area contributed by atoms with Crippen LogP contribution in [-0.2, 0) is 19.6 Å². The maximum atomic E-state index is 12.5. The van der Waals surface area contributed by atoms with Gasteiger partial charge in [0, 0.05) is 37.3 Å². The third-order valence-electron chi connectivity index (χ3n) is 4.77. The van der Waals surface area contributed by atoms with Crippen LogP contribution in [0, 0.1) is 5.92 Å². The topological polar surface area (TPSA) is 86.8 Å². The summed E-state index contributed by atoms with van der Waals surface area (Å²) in [7, 11) is -3.52. The van der Waals surface area contributed by atoms with E-state index in [2.05, 4.69) is 5.32 Å². The molecular weight excluding hydrogens is 366 g/mol. The number of nitrogens with zero attached hydrogens (tertiary/aromatic N) is 2.